The molecule has 3 N–H and O–H groups in total. The first kappa shape index (κ1) is 22.7. The Morgan fingerprint density at radius 1 is 1.05 bits per heavy atom. The number of benzene rings is 2. The third-order valence-electron chi connectivity index (χ3n) is 6.53. The van der Waals surface area contributed by atoms with Gasteiger partial charge in [-0.2, -0.15) is 0 Å². The van der Waals surface area contributed by atoms with Gasteiger partial charge in [-0.3, -0.25) is 15.1 Å². The van der Waals surface area contributed by atoms with Crippen molar-refractivity contribution in [2.24, 2.45) is 0 Å². The van der Waals surface area contributed by atoms with Gasteiger partial charge in [-0.15, -0.1) is 11.3 Å². The number of methoxy groups -OCH3 is 1. The molecule has 0 radical (unpaired) electrons. The molecule has 37 heavy (non-hydrogen) atoms. The molecule has 184 valence electrons. The molecule has 0 aliphatic carbocycles. The number of pyridine rings is 1. The molecule has 1 aliphatic rings. The Bertz CT molecular complexity index is 1630. The number of rotatable bonds is 6. The molecule has 6 rings (SSSR count). The van der Waals surface area contributed by atoms with Gasteiger partial charge in [0.05, 0.1) is 19.3 Å². The molecule has 0 spiro atoms. The summed E-state index contributed by atoms with van der Waals surface area (Å²) >= 11 is 1.55. The summed E-state index contributed by atoms with van der Waals surface area (Å²) in [6.45, 7) is -0.00644. The van der Waals surface area contributed by atoms with E-state index in [2.05, 4.69) is 20.6 Å². The quantitative estimate of drug-likeness (QED) is 0.293. The second kappa shape index (κ2) is 8.75. The van der Waals surface area contributed by atoms with E-state index in [-0.39, 0.29) is 12.4 Å². The molecule has 2 aromatic carbocycles. The predicted octanol–water partition coefficient (Wildman–Crippen LogP) is 4.28. The first-order chi connectivity index (χ1) is 18.0. The Hall–Kier alpha value is -4.70. The van der Waals surface area contributed by atoms with Crippen molar-refractivity contribution in [3.63, 3.8) is 0 Å². The van der Waals surface area contributed by atoms with E-state index in [4.69, 9.17) is 4.74 Å². The zero-order valence-corrected chi connectivity index (χ0v) is 20.5. The second-order valence-electron chi connectivity index (χ2n) is 8.69. The van der Waals surface area contributed by atoms with Crippen LogP contribution >= 0.6 is 11.3 Å². The zero-order valence-electron chi connectivity index (χ0n) is 19.6. The Labute approximate surface area is 215 Å². The number of fused-ring (bicyclic) bond motifs is 1. The van der Waals surface area contributed by atoms with Crippen molar-refractivity contribution >= 4 is 34.0 Å². The van der Waals surface area contributed by atoms with Crippen LogP contribution in [0.15, 0.2) is 78.6 Å². The Morgan fingerprint density at radius 3 is 2.51 bits per heavy atom. The predicted molar refractivity (Wildman–Crippen MR) is 139 cm³/mol. The topological polar surface area (TPSA) is 118 Å². The molecular formula is C27H21N5O4S. The molecular weight excluding hydrogens is 490 g/mol. The SMILES string of the molecule is COc1ccc2cn(C[C@]3(c4ccc(-c5ccc(-c6nccs6)cn5)cc4)NC(=O)NC3=O)c(O)c2c1. The van der Waals surface area contributed by atoms with Crippen LogP contribution in [-0.4, -0.2) is 38.7 Å². The van der Waals surface area contributed by atoms with E-state index in [9.17, 15) is 14.7 Å². The molecule has 1 atom stereocenters. The van der Waals surface area contributed by atoms with Crippen molar-refractivity contribution in [1.29, 1.82) is 0 Å². The van der Waals surface area contributed by atoms with Crippen molar-refractivity contribution in [3.8, 4) is 33.5 Å². The maximum absolute atomic E-state index is 13.1. The van der Waals surface area contributed by atoms with Crippen molar-refractivity contribution in [1.82, 2.24) is 25.2 Å². The largest absolute Gasteiger partial charge is 0.497 e. The van der Waals surface area contributed by atoms with Gasteiger partial charge in [-0.1, -0.05) is 24.3 Å². The van der Waals surface area contributed by atoms with Gasteiger partial charge in [-0.05, 0) is 35.9 Å². The number of nitrogens with one attached hydrogen (secondary N) is 2. The van der Waals surface area contributed by atoms with Crippen molar-refractivity contribution in [2.45, 2.75) is 12.1 Å². The van der Waals surface area contributed by atoms with E-state index in [0.717, 1.165) is 27.2 Å². The average Bonchev–Trinajstić information content (AvgIpc) is 3.63. The summed E-state index contributed by atoms with van der Waals surface area (Å²) in [7, 11) is 1.55. The molecule has 0 bridgehead atoms. The molecule has 1 fully saturated rings. The minimum Gasteiger partial charge on any atom is -0.497 e. The first-order valence-electron chi connectivity index (χ1n) is 11.4. The third kappa shape index (κ3) is 3.87. The number of ether oxygens (including phenoxy) is 1. The van der Waals surface area contributed by atoms with Gasteiger partial charge < -0.3 is 19.7 Å². The molecule has 5 aromatic rings. The van der Waals surface area contributed by atoms with E-state index in [1.807, 2.05) is 35.7 Å². The van der Waals surface area contributed by atoms with E-state index >= 15 is 0 Å². The fraction of sp³-hybridized carbons (Fsp3) is 0.111. The van der Waals surface area contributed by atoms with Gasteiger partial charge >= 0.3 is 6.03 Å². The second-order valence-corrected chi connectivity index (χ2v) is 9.59. The monoisotopic (exact) mass is 511 g/mol. The average molecular weight is 512 g/mol. The number of urea groups is 1. The van der Waals surface area contributed by atoms with Gasteiger partial charge in [0.15, 0.2) is 11.4 Å². The Balaban J connectivity index is 1.34. The van der Waals surface area contributed by atoms with Crippen LogP contribution < -0.4 is 15.4 Å². The summed E-state index contributed by atoms with van der Waals surface area (Å²) in [6, 6.07) is 15.9. The smallest absolute Gasteiger partial charge is 0.322 e. The van der Waals surface area contributed by atoms with Gasteiger partial charge in [-0.25, -0.2) is 9.78 Å². The number of nitrogens with zero attached hydrogens (tertiary/aromatic N) is 3. The summed E-state index contributed by atoms with van der Waals surface area (Å²) in [6.07, 6.45) is 5.28. The Kier molecular flexibility index (Phi) is 5.38. The van der Waals surface area contributed by atoms with Crippen LogP contribution in [0.5, 0.6) is 11.6 Å². The van der Waals surface area contributed by atoms with Gasteiger partial charge in [0.2, 0.25) is 0 Å². The number of amides is 3. The van der Waals surface area contributed by atoms with Gasteiger partial charge in [0.25, 0.3) is 5.91 Å². The fourth-order valence-electron chi connectivity index (χ4n) is 4.61. The standard InChI is InChI=1S/C27H21N5O4S/c1-36-20-8-4-18-14-32(24(33)21(18)12-20)15-27(25(34)30-26(35)31-27)19-6-2-16(3-7-19)22-9-5-17(13-29-22)23-28-10-11-37-23/h2-14,33H,15H2,1H3,(H2,30,31,34,35)/t27-/m1/s1. The van der Waals surface area contributed by atoms with Crippen LogP contribution in [0, 0.1) is 0 Å². The summed E-state index contributed by atoms with van der Waals surface area (Å²) < 4.78 is 6.82. The van der Waals surface area contributed by atoms with Crippen molar-refractivity contribution in [2.75, 3.05) is 7.11 Å². The molecule has 4 heterocycles. The van der Waals surface area contributed by atoms with Crippen LogP contribution in [-0.2, 0) is 16.9 Å². The maximum atomic E-state index is 13.1. The van der Waals surface area contributed by atoms with Crippen LogP contribution in [0.1, 0.15) is 5.56 Å². The van der Waals surface area contributed by atoms with Crippen LogP contribution in [0.3, 0.4) is 0 Å². The lowest BCUT2D eigenvalue weighted by molar-refractivity contribution is -0.124. The van der Waals surface area contributed by atoms with E-state index in [1.54, 1.807) is 65.9 Å². The normalized spacial score (nSPS) is 17.1. The lowest BCUT2D eigenvalue weighted by atomic mass is 9.88. The highest BCUT2D eigenvalue weighted by Crippen LogP contribution is 2.35. The van der Waals surface area contributed by atoms with Crippen LogP contribution in [0.25, 0.3) is 32.6 Å². The minimum atomic E-state index is -1.41. The lowest BCUT2D eigenvalue weighted by Gasteiger charge is -2.27. The van der Waals surface area contributed by atoms with E-state index < -0.39 is 17.5 Å². The third-order valence-corrected chi connectivity index (χ3v) is 7.36. The number of hydrogen-bond acceptors (Lipinski definition) is 7. The summed E-state index contributed by atoms with van der Waals surface area (Å²) in [5.74, 6) is 0.0836. The highest BCUT2D eigenvalue weighted by atomic mass is 32.1. The number of thiazole rings is 1. The highest BCUT2D eigenvalue weighted by molar-refractivity contribution is 7.13. The highest BCUT2D eigenvalue weighted by Gasteiger charge is 2.48. The summed E-state index contributed by atoms with van der Waals surface area (Å²) in [4.78, 5) is 34.2. The molecule has 1 aliphatic heterocycles. The van der Waals surface area contributed by atoms with E-state index in [0.29, 0.717) is 16.7 Å². The van der Waals surface area contributed by atoms with Gasteiger partial charge in [0, 0.05) is 45.9 Å². The molecule has 3 amide bonds. The van der Waals surface area contributed by atoms with Crippen molar-refractivity contribution in [3.05, 3.63) is 84.1 Å². The number of aromatic nitrogens is 3. The molecule has 0 unspecified atom stereocenters. The molecule has 10 heteroatoms. The van der Waals surface area contributed by atoms with E-state index in [1.165, 1.54) is 0 Å². The van der Waals surface area contributed by atoms with Crippen LogP contribution in [0.2, 0.25) is 0 Å². The molecule has 1 saturated heterocycles. The molecule has 9 nitrogen and oxygen atoms in total. The first-order valence-corrected chi connectivity index (χ1v) is 12.3. The summed E-state index contributed by atoms with van der Waals surface area (Å²) in [5.41, 5.74) is 1.74. The number of aromatic hydroxyl groups is 1. The molecule has 0 saturated carbocycles. The number of hydrogen-bond donors (Lipinski definition) is 3. The fourth-order valence-corrected chi connectivity index (χ4v) is 5.24. The number of carbonyl (C=O) groups is 2. The van der Waals surface area contributed by atoms with Crippen molar-refractivity contribution < 1.29 is 19.4 Å². The van der Waals surface area contributed by atoms with Gasteiger partial charge in [0.1, 0.15) is 10.8 Å². The minimum absolute atomic E-state index is 0.00644. The Morgan fingerprint density at radius 2 is 1.86 bits per heavy atom. The number of carbonyl (C=O) groups excluding carboxylic acids is 2. The van der Waals surface area contributed by atoms with Crippen LogP contribution in [0.4, 0.5) is 4.79 Å². The lowest BCUT2D eigenvalue weighted by Crippen LogP contribution is -2.47. The number of imide groups is 1. The maximum Gasteiger partial charge on any atom is 0.322 e. The molecule has 3 aromatic heterocycles. The summed E-state index contributed by atoms with van der Waals surface area (Å²) in [5, 5.41) is 20.2. The zero-order chi connectivity index (χ0) is 25.6.